The van der Waals surface area contributed by atoms with Crippen molar-refractivity contribution in [3.63, 3.8) is 0 Å². The first kappa shape index (κ1) is 31.4. The fourth-order valence-electron chi connectivity index (χ4n) is 7.41. The molecule has 240 valence electrons. The molecule has 2 aliphatic heterocycles. The molecular formula is C33H35ClO11. The fraction of sp³-hybridized carbons (Fsp3) is 0.515. The fourth-order valence-corrected chi connectivity index (χ4v) is 7.79. The number of methoxy groups -OCH3 is 2. The van der Waals surface area contributed by atoms with Gasteiger partial charge in [0.15, 0.2) is 10.3 Å². The average molecular weight is 643 g/mol. The number of phenolic OH excluding ortho intramolecular Hbond substituents is 1. The number of aliphatic hydroxyl groups is 2. The molecule has 7 rings (SSSR count). The SMILES string of the molecule is COC(=O)[C@]12C=C(OC)[C@](Cl)(C(=O)[C@]13OC(=O)c1c(O)cc(C)cc1O3)[C@@](C)(C=C=C1C[C@H](O)[C@@H]3O[C@]3(CC=C(C)C)[C@@H]1O)C2. The Bertz CT molecular complexity index is 1670. The third-order valence-electron chi connectivity index (χ3n) is 9.79. The summed E-state index contributed by atoms with van der Waals surface area (Å²) in [5.74, 6) is -6.37. The number of alkyl halides is 1. The number of halogens is 1. The maximum Gasteiger partial charge on any atom is 0.349 e. The first-order valence-electron chi connectivity index (χ1n) is 14.6. The zero-order chi connectivity index (χ0) is 32.9. The van der Waals surface area contributed by atoms with Gasteiger partial charge in [0.05, 0.1) is 20.3 Å². The van der Waals surface area contributed by atoms with Gasteiger partial charge in [0.2, 0.25) is 5.78 Å². The van der Waals surface area contributed by atoms with E-state index in [1.165, 1.54) is 31.4 Å². The molecule has 0 unspecified atom stereocenters. The highest BCUT2D eigenvalue weighted by atomic mass is 35.5. The molecule has 0 amide bonds. The van der Waals surface area contributed by atoms with Gasteiger partial charge in [0.1, 0.15) is 40.6 Å². The third kappa shape index (κ3) is 3.98. The van der Waals surface area contributed by atoms with E-state index in [2.05, 4.69) is 5.73 Å². The molecule has 1 spiro atoms. The molecule has 3 N–H and O–H groups in total. The number of hydrogen-bond donors (Lipinski definition) is 3. The van der Waals surface area contributed by atoms with Crippen molar-refractivity contribution in [1.29, 1.82) is 0 Å². The molecule has 0 aromatic heterocycles. The molecule has 4 aliphatic carbocycles. The zero-order valence-electron chi connectivity index (χ0n) is 25.7. The summed E-state index contributed by atoms with van der Waals surface area (Å²) in [5, 5.41) is 32.6. The van der Waals surface area contributed by atoms with Gasteiger partial charge in [-0.15, -0.1) is 17.3 Å². The number of carbonyl (C=O) groups is 3. The quantitative estimate of drug-likeness (QED) is 0.142. The first-order valence-corrected chi connectivity index (χ1v) is 14.9. The summed E-state index contributed by atoms with van der Waals surface area (Å²) in [6.07, 6.45) is 2.30. The molecule has 8 atom stereocenters. The lowest BCUT2D eigenvalue weighted by molar-refractivity contribution is -0.244. The molecule has 11 nitrogen and oxygen atoms in total. The number of hydrogen-bond acceptors (Lipinski definition) is 11. The number of Topliss-reactive ketones (excluding diaryl/α,β-unsaturated/α-hetero) is 1. The molecule has 0 radical (unpaired) electrons. The topological polar surface area (TPSA) is 161 Å². The lowest BCUT2D eigenvalue weighted by atomic mass is 9.49. The van der Waals surface area contributed by atoms with Crippen LogP contribution in [-0.2, 0) is 28.5 Å². The van der Waals surface area contributed by atoms with Crippen molar-refractivity contribution < 1.29 is 53.4 Å². The van der Waals surface area contributed by atoms with Crippen LogP contribution in [0.5, 0.6) is 11.5 Å². The molecule has 2 saturated carbocycles. The van der Waals surface area contributed by atoms with Gasteiger partial charge >= 0.3 is 17.7 Å². The van der Waals surface area contributed by atoms with Crippen LogP contribution >= 0.6 is 11.6 Å². The van der Waals surface area contributed by atoms with Crippen LogP contribution in [0.4, 0.5) is 0 Å². The summed E-state index contributed by atoms with van der Waals surface area (Å²) < 4.78 is 28.5. The van der Waals surface area contributed by atoms with Crippen molar-refractivity contribution in [1.82, 2.24) is 0 Å². The number of aryl methyl sites for hydroxylation is 1. The number of fused-ring (bicyclic) bond motifs is 3. The second-order valence-electron chi connectivity index (χ2n) is 13.0. The van der Waals surface area contributed by atoms with Crippen molar-refractivity contribution >= 4 is 29.3 Å². The van der Waals surface area contributed by atoms with E-state index in [0.717, 1.165) is 12.7 Å². The Hall–Kier alpha value is -3.60. The van der Waals surface area contributed by atoms with Crippen LogP contribution in [0.3, 0.4) is 0 Å². The van der Waals surface area contributed by atoms with Crippen LogP contribution in [0.25, 0.3) is 0 Å². The van der Waals surface area contributed by atoms with Crippen LogP contribution in [0.15, 0.2) is 53.0 Å². The Labute approximate surface area is 264 Å². The van der Waals surface area contributed by atoms with E-state index in [9.17, 15) is 29.7 Å². The van der Waals surface area contributed by atoms with Gasteiger partial charge in [-0.3, -0.25) is 9.59 Å². The number of ketones is 1. The average Bonchev–Trinajstić information content (AvgIpc) is 3.73. The van der Waals surface area contributed by atoms with Crippen molar-refractivity contribution in [3.8, 4) is 11.5 Å². The van der Waals surface area contributed by atoms with Gasteiger partial charge in [0, 0.05) is 23.8 Å². The Morgan fingerprint density at radius 3 is 2.56 bits per heavy atom. The van der Waals surface area contributed by atoms with Crippen molar-refractivity contribution in [2.75, 3.05) is 14.2 Å². The summed E-state index contributed by atoms with van der Waals surface area (Å²) >= 11 is 7.28. The predicted octanol–water partition coefficient (Wildman–Crippen LogP) is 3.31. The Morgan fingerprint density at radius 1 is 1.20 bits per heavy atom. The van der Waals surface area contributed by atoms with E-state index < -0.39 is 68.9 Å². The molecule has 12 heteroatoms. The zero-order valence-corrected chi connectivity index (χ0v) is 26.5. The molecule has 1 saturated heterocycles. The van der Waals surface area contributed by atoms with Gasteiger partial charge in [0.25, 0.3) is 0 Å². The van der Waals surface area contributed by atoms with E-state index >= 15 is 0 Å². The minimum Gasteiger partial charge on any atom is -0.507 e. The third-order valence-corrected chi connectivity index (χ3v) is 10.6. The number of epoxide rings is 1. The first-order chi connectivity index (χ1) is 21.1. The monoisotopic (exact) mass is 642 g/mol. The second kappa shape index (κ2) is 9.95. The highest BCUT2D eigenvalue weighted by molar-refractivity contribution is 6.41. The number of benzene rings is 1. The molecule has 2 bridgehead atoms. The molecule has 6 aliphatic rings. The van der Waals surface area contributed by atoms with E-state index in [4.69, 9.17) is 35.3 Å². The van der Waals surface area contributed by atoms with Crippen LogP contribution < -0.4 is 4.74 Å². The van der Waals surface area contributed by atoms with Crippen LogP contribution in [0.1, 0.15) is 56.0 Å². The largest absolute Gasteiger partial charge is 0.507 e. The number of allylic oxidation sites excluding steroid dienone is 2. The van der Waals surface area contributed by atoms with E-state index in [0.29, 0.717) is 17.6 Å². The normalized spacial score (nSPS) is 39.0. The number of ether oxygens (including phenoxy) is 5. The standard InChI is InChI=1S/C33H35ClO11/c1-16(2)7-10-31-24(37)18(13-20(36)25(31)44-31)8-9-29(4)15-30(28(40)42-6)14-22(41-5)32(29,34)27(39)33(30)43-21-12-17(3)11-19(35)23(21)26(38)45-33/h7,9,11-12,14,20,24-25,35-37H,10,13,15H2,1-6H3/t8?,20-,24+,25-,29-,30+,31+,32-,33-/m0/s1. The van der Waals surface area contributed by atoms with Crippen molar-refractivity contribution in [2.24, 2.45) is 10.8 Å². The molecule has 45 heavy (non-hydrogen) atoms. The van der Waals surface area contributed by atoms with Gasteiger partial charge in [-0.05, 0) is 57.0 Å². The summed E-state index contributed by atoms with van der Waals surface area (Å²) in [6, 6.07) is 2.78. The highest BCUT2D eigenvalue weighted by Gasteiger charge is 2.83. The van der Waals surface area contributed by atoms with Gasteiger partial charge < -0.3 is 39.0 Å². The van der Waals surface area contributed by atoms with Crippen LogP contribution in [0, 0.1) is 17.8 Å². The molecule has 2 heterocycles. The van der Waals surface area contributed by atoms with Gasteiger partial charge in [-0.1, -0.05) is 18.6 Å². The molecule has 1 aromatic carbocycles. The maximum atomic E-state index is 14.8. The smallest absolute Gasteiger partial charge is 0.349 e. The lowest BCUT2D eigenvalue weighted by Crippen LogP contribution is -2.79. The van der Waals surface area contributed by atoms with E-state index in [1.54, 1.807) is 13.8 Å². The van der Waals surface area contributed by atoms with Gasteiger partial charge in [-0.2, -0.15) is 0 Å². The number of aliphatic hydroxyl groups excluding tert-OH is 2. The molecule has 1 aromatic rings. The summed E-state index contributed by atoms with van der Waals surface area (Å²) in [6.45, 7) is 7.11. The van der Waals surface area contributed by atoms with Crippen LogP contribution in [-0.4, -0.2) is 81.8 Å². The number of aromatic hydroxyl groups is 1. The number of esters is 2. The summed E-state index contributed by atoms with van der Waals surface area (Å²) in [4.78, 5) is 39.9. The maximum absolute atomic E-state index is 14.8. The Balaban J connectivity index is 1.51. The minimum atomic E-state index is -2.61. The number of carbonyl (C=O) groups excluding carboxylic acids is 3. The Morgan fingerprint density at radius 2 is 1.91 bits per heavy atom. The summed E-state index contributed by atoms with van der Waals surface area (Å²) in [7, 11) is 2.40. The van der Waals surface area contributed by atoms with Gasteiger partial charge in [-0.25, -0.2) is 4.79 Å². The van der Waals surface area contributed by atoms with E-state index in [1.807, 2.05) is 19.9 Å². The second-order valence-corrected chi connectivity index (χ2v) is 13.6. The number of phenols is 1. The molecular weight excluding hydrogens is 608 g/mol. The van der Waals surface area contributed by atoms with Crippen LogP contribution in [0.2, 0.25) is 0 Å². The predicted molar refractivity (Wildman–Crippen MR) is 157 cm³/mol. The molecule has 3 fully saturated rings. The highest BCUT2D eigenvalue weighted by Crippen LogP contribution is 2.68. The van der Waals surface area contributed by atoms with E-state index in [-0.39, 0.29) is 29.9 Å². The number of rotatable bonds is 5. The minimum absolute atomic E-state index is 0.0532. The van der Waals surface area contributed by atoms with Crippen molar-refractivity contribution in [2.45, 2.75) is 81.5 Å². The lowest BCUT2D eigenvalue weighted by Gasteiger charge is -2.61. The van der Waals surface area contributed by atoms with Crippen molar-refractivity contribution in [3.05, 3.63) is 64.1 Å². The summed E-state index contributed by atoms with van der Waals surface area (Å²) in [5.41, 5.74) is 0.0716. The Kier molecular flexibility index (Phi) is 6.94.